The highest BCUT2D eigenvalue weighted by Gasteiger charge is 2.11. The molecule has 170 valence electrons. The molecule has 0 aliphatic heterocycles. The summed E-state index contributed by atoms with van der Waals surface area (Å²) in [4.78, 5) is 23.6. The van der Waals surface area contributed by atoms with E-state index in [9.17, 15) is 9.59 Å². The molecular formula is C23H28N4O3S2. The molecule has 0 spiro atoms. The Kier molecular flexibility index (Phi) is 9.55. The second-order valence-corrected chi connectivity index (χ2v) is 8.24. The largest absolute Gasteiger partial charge is 0.483 e. The molecule has 0 aliphatic rings. The summed E-state index contributed by atoms with van der Waals surface area (Å²) in [7, 11) is 0. The van der Waals surface area contributed by atoms with Crippen LogP contribution in [0.4, 0.5) is 11.4 Å². The summed E-state index contributed by atoms with van der Waals surface area (Å²) >= 11 is 10.3. The number of carbonyl (C=O) groups excluding carboxylic acids is 2. The van der Waals surface area contributed by atoms with Crippen molar-refractivity contribution < 1.29 is 14.3 Å². The molecule has 2 rings (SSSR count). The SMILES string of the molecule is CCC(=O)NC(=S)Nc1ccc(NC(=S)NC(=O)COc2cc(C)ccc2C(C)C)cc1. The van der Waals surface area contributed by atoms with Gasteiger partial charge in [0.2, 0.25) is 5.91 Å². The van der Waals surface area contributed by atoms with Crippen molar-refractivity contribution in [2.24, 2.45) is 0 Å². The number of hydrogen-bond donors (Lipinski definition) is 4. The minimum Gasteiger partial charge on any atom is -0.483 e. The van der Waals surface area contributed by atoms with Gasteiger partial charge in [-0.15, -0.1) is 0 Å². The first-order chi connectivity index (χ1) is 15.2. The topological polar surface area (TPSA) is 91.5 Å². The monoisotopic (exact) mass is 472 g/mol. The third kappa shape index (κ3) is 8.24. The number of nitrogens with one attached hydrogen (secondary N) is 4. The standard InChI is InChI=1S/C23H28N4O3S2/c1-5-20(28)26-22(31)24-16-7-9-17(10-8-16)25-23(32)27-21(29)13-30-19-12-15(4)6-11-18(19)14(2)3/h6-12,14H,5,13H2,1-4H3,(H2,24,26,28,31)(H2,25,27,29,32). The lowest BCUT2D eigenvalue weighted by Crippen LogP contribution is -2.37. The zero-order valence-electron chi connectivity index (χ0n) is 18.6. The molecule has 0 saturated carbocycles. The van der Waals surface area contributed by atoms with Gasteiger partial charge in [-0.2, -0.15) is 0 Å². The van der Waals surface area contributed by atoms with Gasteiger partial charge in [-0.1, -0.05) is 32.9 Å². The second kappa shape index (κ2) is 12.1. The van der Waals surface area contributed by atoms with E-state index in [0.29, 0.717) is 23.5 Å². The van der Waals surface area contributed by atoms with Crippen LogP contribution < -0.4 is 26.0 Å². The Bertz CT molecular complexity index is 991. The van der Waals surface area contributed by atoms with Crippen molar-refractivity contribution in [2.75, 3.05) is 17.2 Å². The van der Waals surface area contributed by atoms with Gasteiger partial charge in [-0.3, -0.25) is 14.9 Å². The molecule has 0 radical (unpaired) electrons. The summed E-state index contributed by atoms with van der Waals surface area (Å²) in [6, 6.07) is 13.0. The van der Waals surface area contributed by atoms with E-state index in [2.05, 4.69) is 35.1 Å². The average Bonchev–Trinajstić information content (AvgIpc) is 2.73. The van der Waals surface area contributed by atoms with Crippen LogP contribution >= 0.6 is 24.4 Å². The highest BCUT2D eigenvalue weighted by atomic mass is 32.1. The first-order valence-corrected chi connectivity index (χ1v) is 11.0. The molecule has 0 aliphatic carbocycles. The van der Waals surface area contributed by atoms with Crippen LogP contribution in [0, 0.1) is 6.92 Å². The maximum Gasteiger partial charge on any atom is 0.264 e. The van der Waals surface area contributed by atoms with Crippen molar-refractivity contribution in [3.63, 3.8) is 0 Å². The van der Waals surface area contributed by atoms with Crippen molar-refractivity contribution in [1.82, 2.24) is 10.6 Å². The van der Waals surface area contributed by atoms with E-state index in [1.165, 1.54) is 0 Å². The van der Waals surface area contributed by atoms with Crippen LogP contribution in [0.5, 0.6) is 5.75 Å². The fourth-order valence-electron chi connectivity index (χ4n) is 2.73. The second-order valence-electron chi connectivity index (χ2n) is 7.42. The number of aryl methyl sites for hydroxylation is 1. The Morgan fingerprint density at radius 3 is 1.94 bits per heavy atom. The smallest absolute Gasteiger partial charge is 0.264 e. The first-order valence-electron chi connectivity index (χ1n) is 10.2. The van der Waals surface area contributed by atoms with E-state index in [1.807, 2.05) is 25.1 Å². The average molecular weight is 473 g/mol. The fraction of sp³-hybridized carbons (Fsp3) is 0.304. The van der Waals surface area contributed by atoms with Crippen molar-refractivity contribution in [1.29, 1.82) is 0 Å². The van der Waals surface area contributed by atoms with Gasteiger partial charge in [0.1, 0.15) is 5.75 Å². The lowest BCUT2D eigenvalue weighted by atomic mass is 10.0. The van der Waals surface area contributed by atoms with Gasteiger partial charge in [0.25, 0.3) is 5.91 Å². The Hall–Kier alpha value is -3.04. The van der Waals surface area contributed by atoms with Crippen LogP contribution in [0.25, 0.3) is 0 Å². The van der Waals surface area contributed by atoms with Crippen LogP contribution in [-0.4, -0.2) is 28.6 Å². The van der Waals surface area contributed by atoms with Crippen LogP contribution in [0.1, 0.15) is 44.2 Å². The summed E-state index contributed by atoms with van der Waals surface area (Å²) in [5, 5.41) is 11.4. The molecule has 9 heteroatoms. The number of hydrogen-bond acceptors (Lipinski definition) is 5. The summed E-state index contributed by atoms with van der Waals surface area (Å²) in [5.41, 5.74) is 3.51. The lowest BCUT2D eigenvalue weighted by molar-refractivity contribution is -0.121. The van der Waals surface area contributed by atoms with Gasteiger partial charge in [0.15, 0.2) is 16.8 Å². The van der Waals surface area contributed by atoms with Crippen LogP contribution in [0.3, 0.4) is 0 Å². The number of rotatable bonds is 7. The molecule has 0 bridgehead atoms. The Morgan fingerprint density at radius 1 is 0.906 bits per heavy atom. The van der Waals surface area contributed by atoms with Crippen molar-refractivity contribution in [3.05, 3.63) is 53.6 Å². The van der Waals surface area contributed by atoms with E-state index in [0.717, 1.165) is 11.1 Å². The Balaban J connectivity index is 1.83. The summed E-state index contributed by atoms with van der Waals surface area (Å²) < 4.78 is 5.73. The predicted octanol–water partition coefficient (Wildman–Crippen LogP) is 4.23. The normalized spacial score (nSPS) is 10.3. The predicted molar refractivity (Wildman–Crippen MR) is 136 cm³/mol. The molecule has 0 heterocycles. The van der Waals surface area contributed by atoms with Crippen LogP contribution in [0.15, 0.2) is 42.5 Å². The van der Waals surface area contributed by atoms with E-state index >= 15 is 0 Å². The molecular weight excluding hydrogens is 444 g/mol. The van der Waals surface area contributed by atoms with Gasteiger partial charge in [0.05, 0.1) is 0 Å². The van der Waals surface area contributed by atoms with Crippen LogP contribution in [0.2, 0.25) is 0 Å². The Morgan fingerprint density at radius 2 is 1.44 bits per heavy atom. The summed E-state index contributed by atoms with van der Waals surface area (Å²) in [6.07, 6.45) is 0.350. The van der Waals surface area contributed by atoms with E-state index in [1.54, 1.807) is 31.2 Å². The van der Waals surface area contributed by atoms with Gasteiger partial charge >= 0.3 is 0 Å². The van der Waals surface area contributed by atoms with Crippen molar-refractivity contribution >= 4 is 57.8 Å². The van der Waals surface area contributed by atoms with Gasteiger partial charge in [-0.25, -0.2) is 0 Å². The zero-order chi connectivity index (χ0) is 23.7. The lowest BCUT2D eigenvalue weighted by Gasteiger charge is -2.15. The molecule has 32 heavy (non-hydrogen) atoms. The third-order valence-corrected chi connectivity index (χ3v) is 4.79. The van der Waals surface area contributed by atoms with Crippen molar-refractivity contribution in [2.45, 2.75) is 40.0 Å². The van der Waals surface area contributed by atoms with E-state index in [-0.39, 0.29) is 34.6 Å². The number of carbonyl (C=O) groups is 2. The molecule has 0 aromatic heterocycles. The maximum absolute atomic E-state index is 12.2. The maximum atomic E-state index is 12.2. The first kappa shape index (κ1) is 25.2. The number of amides is 2. The molecule has 0 atom stereocenters. The van der Waals surface area contributed by atoms with Gasteiger partial charge < -0.3 is 20.7 Å². The minimum atomic E-state index is -0.353. The fourth-order valence-corrected chi connectivity index (χ4v) is 3.19. The Labute approximate surface area is 199 Å². The quantitative estimate of drug-likeness (QED) is 0.448. The minimum absolute atomic E-state index is 0.144. The molecule has 4 N–H and O–H groups in total. The van der Waals surface area contributed by atoms with Crippen molar-refractivity contribution in [3.8, 4) is 5.75 Å². The highest BCUT2D eigenvalue weighted by molar-refractivity contribution is 7.80. The summed E-state index contributed by atoms with van der Waals surface area (Å²) in [6.45, 7) is 7.73. The van der Waals surface area contributed by atoms with Gasteiger partial charge in [0, 0.05) is 17.8 Å². The van der Waals surface area contributed by atoms with Gasteiger partial charge in [-0.05, 0) is 78.7 Å². The van der Waals surface area contributed by atoms with E-state index in [4.69, 9.17) is 29.2 Å². The molecule has 2 amide bonds. The highest BCUT2D eigenvalue weighted by Crippen LogP contribution is 2.27. The molecule has 2 aromatic carbocycles. The van der Waals surface area contributed by atoms with Crippen LogP contribution in [-0.2, 0) is 9.59 Å². The molecule has 0 fully saturated rings. The number of anilines is 2. The molecule has 2 aromatic rings. The van der Waals surface area contributed by atoms with E-state index < -0.39 is 0 Å². The molecule has 7 nitrogen and oxygen atoms in total. The molecule has 0 unspecified atom stereocenters. The zero-order valence-corrected chi connectivity index (χ0v) is 20.2. The third-order valence-electron chi connectivity index (χ3n) is 4.38. The summed E-state index contributed by atoms with van der Waals surface area (Å²) in [5.74, 6) is 0.471. The number of thiocarbonyl (C=S) groups is 2. The number of benzene rings is 2. The molecule has 0 saturated heterocycles. The number of ether oxygens (including phenoxy) is 1.